The van der Waals surface area contributed by atoms with Crippen molar-refractivity contribution in [1.82, 2.24) is 0 Å². The number of aliphatic carboxylic acids is 1. The molecular weight excluding hydrogens is 242 g/mol. The van der Waals surface area contributed by atoms with Crippen LogP contribution < -0.4 is 5.32 Å². The molecule has 0 aliphatic heterocycles. The van der Waals surface area contributed by atoms with E-state index in [0.29, 0.717) is 17.1 Å². The summed E-state index contributed by atoms with van der Waals surface area (Å²) in [4.78, 5) is 21.8. The number of aryl methyl sites for hydroxylation is 1. The first-order valence-corrected chi connectivity index (χ1v) is 5.65. The van der Waals surface area contributed by atoms with E-state index >= 15 is 0 Å². The van der Waals surface area contributed by atoms with Gasteiger partial charge in [-0.3, -0.25) is 9.59 Å². The predicted molar refractivity (Wildman–Crippen MR) is 66.3 cm³/mol. The van der Waals surface area contributed by atoms with E-state index in [1.54, 1.807) is 12.1 Å². The van der Waals surface area contributed by atoms with Gasteiger partial charge in [-0.25, -0.2) is 0 Å². The highest BCUT2D eigenvalue weighted by Gasteiger charge is 2.08. The number of carbonyl (C=O) groups is 2. The number of carbonyl (C=O) groups excluding carboxylic acids is 1. The van der Waals surface area contributed by atoms with Gasteiger partial charge >= 0.3 is 5.97 Å². The van der Waals surface area contributed by atoms with Gasteiger partial charge in [-0.05, 0) is 25.0 Å². The van der Waals surface area contributed by atoms with E-state index in [9.17, 15) is 9.59 Å². The fourth-order valence-electron chi connectivity index (χ4n) is 1.39. The van der Waals surface area contributed by atoms with Crippen LogP contribution in [0.3, 0.4) is 0 Å². The van der Waals surface area contributed by atoms with Crippen LogP contribution in [-0.2, 0) is 9.59 Å². The Labute approximate surface area is 105 Å². The van der Waals surface area contributed by atoms with Crippen LogP contribution in [0.15, 0.2) is 18.2 Å². The Morgan fingerprint density at radius 2 is 2.06 bits per heavy atom. The van der Waals surface area contributed by atoms with E-state index in [1.165, 1.54) is 0 Å². The zero-order valence-corrected chi connectivity index (χ0v) is 10.3. The normalized spacial score (nSPS) is 10.0. The topological polar surface area (TPSA) is 66.4 Å². The van der Waals surface area contributed by atoms with E-state index < -0.39 is 5.97 Å². The van der Waals surface area contributed by atoms with Gasteiger partial charge in [-0.1, -0.05) is 23.7 Å². The summed E-state index contributed by atoms with van der Waals surface area (Å²) in [7, 11) is 0. The number of carboxylic acids is 1. The molecule has 0 radical (unpaired) electrons. The lowest BCUT2D eigenvalue weighted by Crippen LogP contribution is -2.13. The van der Waals surface area contributed by atoms with Crippen molar-refractivity contribution < 1.29 is 14.7 Å². The first kappa shape index (κ1) is 13.5. The minimum atomic E-state index is -0.897. The third-order valence-corrected chi connectivity index (χ3v) is 2.60. The minimum Gasteiger partial charge on any atom is -0.481 e. The molecule has 1 aromatic carbocycles. The highest BCUT2D eigenvalue weighted by atomic mass is 35.5. The van der Waals surface area contributed by atoms with E-state index in [1.807, 2.05) is 13.0 Å². The number of hydrogen-bond acceptors (Lipinski definition) is 2. The van der Waals surface area contributed by atoms with Crippen molar-refractivity contribution in [3.8, 4) is 0 Å². The molecule has 0 saturated heterocycles. The van der Waals surface area contributed by atoms with Crippen LogP contribution in [0.25, 0.3) is 0 Å². The fourth-order valence-corrected chi connectivity index (χ4v) is 1.66. The van der Waals surface area contributed by atoms with Gasteiger partial charge in [0.1, 0.15) is 0 Å². The molecule has 2 N–H and O–H groups in total. The van der Waals surface area contributed by atoms with Gasteiger partial charge in [-0.15, -0.1) is 0 Å². The summed E-state index contributed by atoms with van der Waals surface area (Å²) >= 11 is 5.95. The molecule has 1 aromatic rings. The molecule has 1 rings (SSSR count). The van der Waals surface area contributed by atoms with Gasteiger partial charge in [0.05, 0.1) is 10.7 Å². The monoisotopic (exact) mass is 255 g/mol. The number of benzene rings is 1. The van der Waals surface area contributed by atoms with Crippen LogP contribution in [-0.4, -0.2) is 17.0 Å². The lowest BCUT2D eigenvalue weighted by molar-refractivity contribution is -0.137. The molecule has 0 unspecified atom stereocenters. The van der Waals surface area contributed by atoms with Crippen LogP contribution in [0.2, 0.25) is 5.02 Å². The van der Waals surface area contributed by atoms with Crippen molar-refractivity contribution in [2.45, 2.75) is 26.2 Å². The van der Waals surface area contributed by atoms with Crippen LogP contribution >= 0.6 is 11.6 Å². The molecule has 0 spiro atoms. The molecule has 0 aliphatic rings. The van der Waals surface area contributed by atoms with Crippen LogP contribution in [0.5, 0.6) is 0 Å². The van der Waals surface area contributed by atoms with Crippen LogP contribution in [0.1, 0.15) is 24.8 Å². The Bertz CT molecular complexity index is 412. The largest absolute Gasteiger partial charge is 0.481 e. The number of hydrogen-bond donors (Lipinski definition) is 2. The molecule has 0 atom stereocenters. The molecule has 17 heavy (non-hydrogen) atoms. The van der Waals surface area contributed by atoms with Gasteiger partial charge in [0, 0.05) is 12.8 Å². The maximum absolute atomic E-state index is 11.5. The number of para-hydroxylation sites is 1. The van der Waals surface area contributed by atoms with E-state index in [0.717, 1.165) is 5.56 Å². The van der Waals surface area contributed by atoms with Gasteiger partial charge in [0.15, 0.2) is 0 Å². The van der Waals surface area contributed by atoms with Crippen molar-refractivity contribution in [2.24, 2.45) is 0 Å². The summed E-state index contributed by atoms with van der Waals surface area (Å²) in [6.07, 6.45) is 0.497. The molecular formula is C12H14ClNO3. The quantitative estimate of drug-likeness (QED) is 0.850. The van der Waals surface area contributed by atoms with Crippen molar-refractivity contribution >= 4 is 29.2 Å². The summed E-state index contributed by atoms with van der Waals surface area (Å²) in [5.41, 5.74) is 1.47. The zero-order chi connectivity index (χ0) is 12.8. The van der Waals surface area contributed by atoms with Crippen LogP contribution in [0.4, 0.5) is 5.69 Å². The van der Waals surface area contributed by atoms with Crippen LogP contribution in [0, 0.1) is 6.92 Å². The fraction of sp³-hybridized carbons (Fsp3) is 0.333. The minimum absolute atomic E-state index is 0.00504. The van der Waals surface area contributed by atoms with E-state index in [4.69, 9.17) is 16.7 Å². The molecule has 0 saturated carbocycles. The van der Waals surface area contributed by atoms with Crippen molar-refractivity contribution in [1.29, 1.82) is 0 Å². The van der Waals surface area contributed by atoms with Gasteiger partial charge in [0.25, 0.3) is 0 Å². The maximum atomic E-state index is 11.5. The smallest absolute Gasteiger partial charge is 0.303 e. The maximum Gasteiger partial charge on any atom is 0.303 e. The second-order valence-electron chi connectivity index (χ2n) is 3.73. The first-order chi connectivity index (χ1) is 8.00. The van der Waals surface area contributed by atoms with E-state index in [-0.39, 0.29) is 18.7 Å². The average Bonchev–Trinajstić information content (AvgIpc) is 2.23. The van der Waals surface area contributed by atoms with Gasteiger partial charge < -0.3 is 10.4 Å². The standard InChI is InChI=1S/C12H14ClNO3/c1-8-4-2-5-9(13)12(8)14-10(15)6-3-7-11(16)17/h2,4-5H,3,6-7H2,1H3,(H,14,15)(H,16,17). The SMILES string of the molecule is Cc1cccc(Cl)c1NC(=O)CCCC(=O)O. The Morgan fingerprint density at radius 3 is 2.65 bits per heavy atom. The molecule has 5 heteroatoms. The summed E-state index contributed by atoms with van der Waals surface area (Å²) < 4.78 is 0. The molecule has 1 amide bonds. The molecule has 0 bridgehead atoms. The number of amides is 1. The van der Waals surface area contributed by atoms with Crippen molar-refractivity contribution in [3.05, 3.63) is 28.8 Å². The summed E-state index contributed by atoms with van der Waals surface area (Å²) in [5.74, 6) is -1.12. The summed E-state index contributed by atoms with van der Waals surface area (Å²) in [6.45, 7) is 1.85. The Balaban J connectivity index is 2.53. The Kier molecular flexibility index (Phi) is 4.97. The van der Waals surface area contributed by atoms with Gasteiger partial charge in [0.2, 0.25) is 5.91 Å². The summed E-state index contributed by atoms with van der Waals surface area (Å²) in [5, 5.41) is 11.6. The third kappa shape index (κ3) is 4.44. The second kappa shape index (κ2) is 6.25. The average molecular weight is 256 g/mol. The number of rotatable bonds is 5. The number of anilines is 1. The second-order valence-corrected chi connectivity index (χ2v) is 4.13. The molecule has 0 heterocycles. The number of carboxylic acid groups (broad SMARTS) is 1. The molecule has 0 aliphatic carbocycles. The number of nitrogens with one attached hydrogen (secondary N) is 1. The highest BCUT2D eigenvalue weighted by Crippen LogP contribution is 2.25. The van der Waals surface area contributed by atoms with Crippen molar-refractivity contribution in [2.75, 3.05) is 5.32 Å². The number of halogens is 1. The first-order valence-electron chi connectivity index (χ1n) is 5.27. The Morgan fingerprint density at radius 1 is 1.35 bits per heavy atom. The van der Waals surface area contributed by atoms with Gasteiger partial charge in [-0.2, -0.15) is 0 Å². The van der Waals surface area contributed by atoms with Crippen molar-refractivity contribution in [3.63, 3.8) is 0 Å². The predicted octanol–water partition coefficient (Wildman–Crippen LogP) is 2.84. The highest BCUT2D eigenvalue weighted by molar-refractivity contribution is 6.33. The zero-order valence-electron chi connectivity index (χ0n) is 9.50. The molecule has 4 nitrogen and oxygen atoms in total. The molecule has 92 valence electrons. The lowest BCUT2D eigenvalue weighted by Gasteiger charge is -2.09. The Hall–Kier alpha value is -1.55. The lowest BCUT2D eigenvalue weighted by atomic mass is 10.2. The van der Waals surface area contributed by atoms with E-state index in [2.05, 4.69) is 5.32 Å². The molecule has 0 aromatic heterocycles. The third-order valence-electron chi connectivity index (χ3n) is 2.28. The summed E-state index contributed by atoms with van der Waals surface area (Å²) in [6, 6.07) is 5.35. The molecule has 0 fully saturated rings.